The van der Waals surface area contributed by atoms with Crippen LogP contribution in [0.1, 0.15) is 15.9 Å². The van der Waals surface area contributed by atoms with E-state index in [-0.39, 0.29) is 4.90 Å². The maximum absolute atomic E-state index is 12.9. The third-order valence-corrected chi connectivity index (χ3v) is 6.07. The van der Waals surface area contributed by atoms with Crippen molar-refractivity contribution in [2.24, 2.45) is 0 Å². The molecule has 0 saturated heterocycles. The zero-order valence-corrected chi connectivity index (χ0v) is 16.5. The summed E-state index contributed by atoms with van der Waals surface area (Å²) < 4.78 is 28.5. The fourth-order valence-corrected chi connectivity index (χ4v) is 4.25. The number of sulfonamides is 1. The Morgan fingerprint density at radius 1 is 0.931 bits per heavy atom. The Morgan fingerprint density at radius 3 is 2.45 bits per heavy atom. The molecule has 3 aromatic carbocycles. The second-order valence-corrected chi connectivity index (χ2v) is 8.40. The molecule has 144 valence electrons. The SMILES string of the molecule is Cc1ccc(S(=O)(=O)Nc2cc(C=O)ccc2-c2nccc3ccccc23)cc1. The number of hydrogen-bond donors (Lipinski definition) is 1. The van der Waals surface area contributed by atoms with Crippen molar-refractivity contribution in [1.29, 1.82) is 0 Å². The van der Waals surface area contributed by atoms with E-state index in [1.54, 1.807) is 42.6 Å². The van der Waals surface area contributed by atoms with Crippen molar-refractivity contribution in [1.82, 2.24) is 4.98 Å². The fourth-order valence-electron chi connectivity index (χ4n) is 3.18. The molecule has 0 aliphatic carbocycles. The molecule has 0 amide bonds. The average Bonchev–Trinajstić information content (AvgIpc) is 2.73. The summed E-state index contributed by atoms with van der Waals surface area (Å²) in [5.74, 6) is 0. The Labute approximate surface area is 169 Å². The number of fused-ring (bicyclic) bond motifs is 1. The molecule has 0 fully saturated rings. The van der Waals surface area contributed by atoms with Crippen molar-refractivity contribution in [2.45, 2.75) is 11.8 Å². The molecular weight excluding hydrogens is 384 g/mol. The predicted molar refractivity (Wildman–Crippen MR) is 115 cm³/mol. The third-order valence-electron chi connectivity index (χ3n) is 4.68. The van der Waals surface area contributed by atoms with Crippen molar-refractivity contribution in [3.8, 4) is 11.3 Å². The van der Waals surface area contributed by atoms with Gasteiger partial charge in [0.15, 0.2) is 0 Å². The number of anilines is 1. The van der Waals surface area contributed by atoms with Crippen LogP contribution in [0.2, 0.25) is 0 Å². The molecule has 5 nitrogen and oxygen atoms in total. The first-order chi connectivity index (χ1) is 14.0. The summed E-state index contributed by atoms with van der Waals surface area (Å²) in [4.78, 5) is 15.9. The van der Waals surface area contributed by atoms with Crippen LogP contribution in [-0.2, 0) is 10.0 Å². The number of aromatic nitrogens is 1. The Hall–Kier alpha value is -3.51. The van der Waals surface area contributed by atoms with Crippen molar-refractivity contribution >= 4 is 32.8 Å². The van der Waals surface area contributed by atoms with Crippen LogP contribution in [0.5, 0.6) is 0 Å². The number of nitrogens with one attached hydrogen (secondary N) is 1. The molecule has 6 heteroatoms. The normalized spacial score (nSPS) is 11.3. The van der Waals surface area contributed by atoms with E-state index in [4.69, 9.17) is 0 Å². The van der Waals surface area contributed by atoms with Gasteiger partial charge in [0.25, 0.3) is 10.0 Å². The molecule has 1 aromatic heterocycles. The molecular formula is C23H18N2O3S. The topological polar surface area (TPSA) is 76.1 Å². The lowest BCUT2D eigenvalue weighted by atomic mass is 10.0. The lowest BCUT2D eigenvalue weighted by Gasteiger charge is -2.14. The first kappa shape index (κ1) is 18.8. The van der Waals surface area contributed by atoms with Crippen LogP contribution in [0.3, 0.4) is 0 Å². The van der Waals surface area contributed by atoms with Gasteiger partial charge in [-0.3, -0.25) is 14.5 Å². The number of benzene rings is 3. The van der Waals surface area contributed by atoms with Crippen LogP contribution in [0.15, 0.2) is 83.9 Å². The van der Waals surface area contributed by atoms with Gasteiger partial charge in [0.1, 0.15) is 6.29 Å². The van der Waals surface area contributed by atoms with Gasteiger partial charge in [-0.05, 0) is 42.6 Å². The monoisotopic (exact) mass is 402 g/mol. The van der Waals surface area contributed by atoms with E-state index in [1.807, 2.05) is 37.3 Å². The summed E-state index contributed by atoms with van der Waals surface area (Å²) in [6, 6.07) is 21.1. The number of hydrogen-bond acceptors (Lipinski definition) is 4. The lowest BCUT2D eigenvalue weighted by Crippen LogP contribution is -2.14. The van der Waals surface area contributed by atoms with Gasteiger partial charge in [-0.15, -0.1) is 0 Å². The van der Waals surface area contributed by atoms with Crippen LogP contribution in [0.25, 0.3) is 22.0 Å². The van der Waals surface area contributed by atoms with E-state index in [9.17, 15) is 13.2 Å². The molecule has 0 spiro atoms. The van der Waals surface area contributed by atoms with Gasteiger partial charge < -0.3 is 0 Å². The molecule has 0 bridgehead atoms. The van der Waals surface area contributed by atoms with E-state index in [0.717, 1.165) is 16.3 Å². The molecule has 0 saturated carbocycles. The van der Waals surface area contributed by atoms with Gasteiger partial charge in [-0.25, -0.2) is 8.42 Å². The molecule has 0 unspecified atom stereocenters. The molecule has 0 atom stereocenters. The summed E-state index contributed by atoms with van der Waals surface area (Å²) in [5, 5.41) is 1.88. The number of carbonyl (C=O) groups is 1. The van der Waals surface area contributed by atoms with Gasteiger partial charge in [-0.2, -0.15) is 0 Å². The highest BCUT2D eigenvalue weighted by atomic mass is 32.2. The smallest absolute Gasteiger partial charge is 0.261 e. The van der Waals surface area contributed by atoms with Gasteiger partial charge in [-0.1, -0.05) is 48.0 Å². The van der Waals surface area contributed by atoms with Gasteiger partial charge in [0, 0.05) is 22.7 Å². The van der Waals surface area contributed by atoms with Crippen molar-refractivity contribution in [3.63, 3.8) is 0 Å². The molecule has 1 N–H and O–H groups in total. The molecule has 0 radical (unpaired) electrons. The molecule has 0 aliphatic rings. The largest absolute Gasteiger partial charge is 0.298 e. The third kappa shape index (κ3) is 3.75. The average molecular weight is 402 g/mol. The molecule has 0 aliphatic heterocycles. The van der Waals surface area contributed by atoms with Crippen LogP contribution >= 0.6 is 0 Å². The van der Waals surface area contributed by atoms with E-state index in [2.05, 4.69) is 9.71 Å². The van der Waals surface area contributed by atoms with Crippen LogP contribution in [0.4, 0.5) is 5.69 Å². The van der Waals surface area contributed by atoms with Crippen molar-refractivity contribution in [3.05, 3.63) is 90.1 Å². The number of pyridine rings is 1. The maximum Gasteiger partial charge on any atom is 0.261 e. The van der Waals surface area contributed by atoms with E-state index in [0.29, 0.717) is 28.8 Å². The molecule has 4 rings (SSSR count). The Balaban J connectivity index is 1.87. The summed E-state index contributed by atoms with van der Waals surface area (Å²) in [6.45, 7) is 1.89. The highest BCUT2D eigenvalue weighted by molar-refractivity contribution is 7.92. The minimum atomic E-state index is -3.83. The molecule has 29 heavy (non-hydrogen) atoms. The molecule has 1 heterocycles. The Morgan fingerprint density at radius 2 is 1.69 bits per heavy atom. The summed E-state index contributed by atoms with van der Waals surface area (Å²) in [5.41, 5.74) is 2.88. The fraction of sp³-hybridized carbons (Fsp3) is 0.0435. The number of aldehydes is 1. The highest BCUT2D eigenvalue weighted by Crippen LogP contribution is 2.33. The number of aryl methyl sites for hydroxylation is 1. The van der Waals surface area contributed by atoms with E-state index in [1.165, 1.54) is 6.07 Å². The first-order valence-electron chi connectivity index (χ1n) is 9.01. The van der Waals surface area contributed by atoms with E-state index >= 15 is 0 Å². The van der Waals surface area contributed by atoms with Crippen LogP contribution < -0.4 is 4.72 Å². The lowest BCUT2D eigenvalue weighted by molar-refractivity contribution is 0.112. The summed E-state index contributed by atoms with van der Waals surface area (Å²) in [7, 11) is -3.83. The summed E-state index contributed by atoms with van der Waals surface area (Å²) in [6.07, 6.45) is 2.37. The minimum absolute atomic E-state index is 0.149. The van der Waals surface area contributed by atoms with Crippen LogP contribution in [-0.4, -0.2) is 19.7 Å². The van der Waals surface area contributed by atoms with E-state index < -0.39 is 10.0 Å². The molecule has 4 aromatic rings. The summed E-state index contributed by atoms with van der Waals surface area (Å²) >= 11 is 0. The minimum Gasteiger partial charge on any atom is -0.298 e. The Kier molecular flexibility index (Phi) is 4.86. The van der Waals surface area contributed by atoms with Gasteiger partial charge in [0.05, 0.1) is 16.3 Å². The first-order valence-corrected chi connectivity index (χ1v) is 10.5. The standard InChI is InChI=1S/C23H18N2O3S/c1-16-6-9-19(10-7-16)29(27,28)25-22-14-17(15-26)8-11-21(22)23-20-5-3-2-4-18(20)12-13-24-23/h2-15,25H,1H3. The number of carbonyl (C=O) groups excluding carboxylic acids is 1. The second kappa shape index (κ2) is 7.48. The number of rotatable bonds is 5. The zero-order valence-electron chi connectivity index (χ0n) is 15.7. The highest BCUT2D eigenvalue weighted by Gasteiger charge is 2.18. The predicted octanol–water partition coefficient (Wildman–Crippen LogP) is 4.82. The van der Waals surface area contributed by atoms with Gasteiger partial charge in [0.2, 0.25) is 0 Å². The van der Waals surface area contributed by atoms with Crippen LogP contribution in [0, 0.1) is 6.92 Å². The number of nitrogens with zero attached hydrogens (tertiary/aromatic N) is 1. The Bertz CT molecular complexity index is 1310. The quantitative estimate of drug-likeness (QED) is 0.486. The second-order valence-electron chi connectivity index (χ2n) is 6.72. The zero-order chi connectivity index (χ0) is 20.4. The van der Waals surface area contributed by atoms with Gasteiger partial charge >= 0.3 is 0 Å². The maximum atomic E-state index is 12.9. The van der Waals surface area contributed by atoms with Crippen molar-refractivity contribution < 1.29 is 13.2 Å². The van der Waals surface area contributed by atoms with Crippen molar-refractivity contribution in [2.75, 3.05) is 4.72 Å².